The minimum Gasteiger partial charge on any atom is -0.496 e. The van der Waals surface area contributed by atoms with E-state index in [1.807, 2.05) is 18.2 Å². The Balaban J connectivity index is 3.29. The van der Waals surface area contributed by atoms with Gasteiger partial charge < -0.3 is 10.1 Å². The smallest absolute Gasteiger partial charge is 0.180 e. The number of carbonyl (C=O) groups excluding carboxylic acids is 1. The summed E-state index contributed by atoms with van der Waals surface area (Å²) >= 11 is 0. The molecular weight excluding hydrogens is 214 g/mol. The summed E-state index contributed by atoms with van der Waals surface area (Å²) < 4.78 is 5.42. The van der Waals surface area contributed by atoms with Gasteiger partial charge in [0.15, 0.2) is 5.78 Å². The first-order chi connectivity index (χ1) is 7.91. The lowest BCUT2D eigenvalue weighted by Gasteiger charge is -2.23. The Labute approximate surface area is 103 Å². The van der Waals surface area contributed by atoms with Crippen molar-refractivity contribution < 1.29 is 9.53 Å². The summed E-state index contributed by atoms with van der Waals surface area (Å²) in [6.45, 7) is 6.65. The van der Waals surface area contributed by atoms with Crippen LogP contribution in [-0.4, -0.2) is 26.5 Å². The van der Waals surface area contributed by atoms with Crippen LogP contribution in [0.5, 0.6) is 5.75 Å². The molecule has 94 valence electrons. The number of carbonyl (C=O) groups is 1. The van der Waals surface area contributed by atoms with E-state index in [4.69, 9.17) is 4.74 Å². The molecule has 0 atom stereocenters. The SMILES string of the molecule is CNCC(=O)c1cccc(C(C)(C)C)c1OC. The molecule has 0 amide bonds. The van der Waals surface area contributed by atoms with Gasteiger partial charge in [0.25, 0.3) is 0 Å². The monoisotopic (exact) mass is 235 g/mol. The highest BCUT2D eigenvalue weighted by Crippen LogP contribution is 2.33. The van der Waals surface area contributed by atoms with Crippen molar-refractivity contribution in [2.45, 2.75) is 26.2 Å². The van der Waals surface area contributed by atoms with Gasteiger partial charge >= 0.3 is 0 Å². The lowest BCUT2D eigenvalue weighted by molar-refractivity contribution is 0.0990. The van der Waals surface area contributed by atoms with E-state index in [-0.39, 0.29) is 11.2 Å². The maximum absolute atomic E-state index is 12.0. The third-order valence-electron chi connectivity index (χ3n) is 2.66. The molecule has 0 aliphatic rings. The first-order valence-electron chi connectivity index (χ1n) is 5.77. The fraction of sp³-hybridized carbons (Fsp3) is 0.500. The zero-order valence-corrected chi connectivity index (χ0v) is 11.3. The second kappa shape index (κ2) is 5.32. The molecule has 0 aromatic heterocycles. The van der Waals surface area contributed by atoms with Gasteiger partial charge in [0.05, 0.1) is 19.2 Å². The second-order valence-electron chi connectivity index (χ2n) is 5.09. The molecule has 1 aromatic rings. The van der Waals surface area contributed by atoms with Crippen LogP contribution in [0.15, 0.2) is 18.2 Å². The largest absolute Gasteiger partial charge is 0.496 e. The normalized spacial score (nSPS) is 11.4. The number of likely N-dealkylation sites (N-methyl/N-ethyl adjacent to an activating group) is 1. The predicted octanol–water partition coefficient (Wildman–Crippen LogP) is 2.39. The zero-order chi connectivity index (χ0) is 13.1. The fourth-order valence-corrected chi connectivity index (χ4v) is 1.82. The van der Waals surface area contributed by atoms with Crippen LogP contribution in [0.1, 0.15) is 36.7 Å². The topological polar surface area (TPSA) is 38.3 Å². The minimum absolute atomic E-state index is 0.0404. The molecule has 0 saturated heterocycles. The Morgan fingerprint density at radius 1 is 1.35 bits per heavy atom. The molecule has 0 saturated carbocycles. The Morgan fingerprint density at radius 3 is 2.47 bits per heavy atom. The van der Waals surface area contributed by atoms with Crippen molar-refractivity contribution in [2.24, 2.45) is 0 Å². The minimum atomic E-state index is -0.0404. The number of benzene rings is 1. The highest BCUT2D eigenvalue weighted by atomic mass is 16.5. The summed E-state index contributed by atoms with van der Waals surface area (Å²) in [7, 11) is 3.37. The van der Waals surface area contributed by atoms with Crippen molar-refractivity contribution in [2.75, 3.05) is 20.7 Å². The van der Waals surface area contributed by atoms with E-state index in [2.05, 4.69) is 26.1 Å². The summed E-state index contributed by atoms with van der Waals surface area (Å²) in [4.78, 5) is 12.0. The van der Waals surface area contributed by atoms with Crippen molar-refractivity contribution in [3.63, 3.8) is 0 Å². The lowest BCUT2D eigenvalue weighted by atomic mass is 9.84. The van der Waals surface area contributed by atoms with Gasteiger partial charge in [-0.25, -0.2) is 0 Å². The van der Waals surface area contributed by atoms with Crippen molar-refractivity contribution >= 4 is 5.78 Å². The lowest BCUT2D eigenvalue weighted by Crippen LogP contribution is -2.21. The Kier molecular flexibility index (Phi) is 4.29. The van der Waals surface area contributed by atoms with Gasteiger partial charge in [-0.15, -0.1) is 0 Å². The number of Topliss-reactive ketones (excluding diaryl/α,β-unsaturated/α-hetero) is 1. The predicted molar refractivity (Wildman–Crippen MR) is 70.0 cm³/mol. The van der Waals surface area contributed by atoms with Crippen LogP contribution in [0.2, 0.25) is 0 Å². The van der Waals surface area contributed by atoms with Gasteiger partial charge in [0, 0.05) is 5.56 Å². The van der Waals surface area contributed by atoms with Gasteiger partial charge in [0.1, 0.15) is 5.75 Å². The van der Waals surface area contributed by atoms with E-state index in [1.165, 1.54) is 0 Å². The molecule has 0 radical (unpaired) electrons. The van der Waals surface area contributed by atoms with Crippen molar-refractivity contribution in [1.29, 1.82) is 0 Å². The van der Waals surface area contributed by atoms with Crippen LogP contribution in [0.4, 0.5) is 0 Å². The standard InChI is InChI=1S/C14H21NO2/c1-14(2,3)11-8-6-7-10(13(11)17-5)12(16)9-15-4/h6-8,15H,9H2,1-5H3. The molecule has 0 aliphatic heterocycles. The maximum atomic E-state index is 12.0. The molecular formula is C14H21NO2. The molecule has 0 fully saturated rings. The van der Waals surface area contributed by atoms with Crippen molar-refractivity contribution in [3.8, 4) is 5.75 Å². The number of para-hydroxylation sites is 1. The van der Waals surface area contributed by atoms with Gasteiger partial charge in [-0.2, -0.15) is 0 Å². The molecule has 3 heteroatoms. The summed E-state index contributed by atoms with van der Waals surface area (Å²) in [6.07, 6.45) is 0. The number of hydrogen-bond acceptors (Lipinski definition) is 3. The van der Waals surface area contributed by atoms with Crippen molar-refractivity contribution in [1.82, 2.24) is 5.32 Å². The molecule has 0 bridgehead atoms. The number of methoxy groups -OCH3 is 1. The molecule has 1 aromatic carbocycles. The van der Waals surface area contributed by atoms with Gasteiger partial charge in [-0.1, -0.05) is 32.9 Å². The van der Waals surface area contributed by atoms with Crippen LogP contribution in [0.3, 0.4) is 0 Å². The Hall–Kier alpha value is -1.35. The van der Waals surface area contributed by atoms with Crippen LogP contribution in [0, 0.1) is 0 Å². The molecule has 17 heavy (non-hydrogen) atoms. The number of hydrogen-bond donors (Lipinski definition) is 1. The van der Waals surface area contributed by atoms with Crippen LogP contribution in [0.25, 0.3) is 0 Å². The highest BCUT2D eigenvalue weighted by molar-refractivity contribution is 6.00. The number of rotatable bonds is 4. The molecule has 1 rings (SSSR count). The molecule has 0 spiro atoms. The van der Waals surface area contributed by atoms with Crippen LogP contribution < -0.4 is 10.1 Å². The second-order valence-corrected chi connectivity index (χ2v) is 5.09. The molecule has 0 unspecified atom stereocenters. The first-order valence-corrected chi connectivity index (χ1v) is 5.77. The molecule has 0 aliphatic carbocycles. The Bertz CT molecular complexity index is 405. The molecule has 0 heterocycles. The van der Waals surface area contributed by atoms with E-state index >= 15 is 0 Å². The number of nitrogens with one attached hydrogen (secondary N) is 1. The molecule has 3 nitrogen and oxygen atoms in total. The quantitative estimate of drug-likeness (QED) is 0.814. The Morgan fingerprint density at radius 2 is 2.00 bits per heavy atom. The van der Waals surface area contributed by atoms with E-state index in [0.717, 1.165) is 5.56 Å². The average Bonchev–Trinajstić information content (AvgIpc) is 2.27. The summed E-state index contributed by atoms with van der Waals surface area (Å²) in [5.74, 6) is 0.746. The van der Waals surface area contributed by atoms with E-state index in [1.54, 1.807) is 14.2 Å². The van der Waals surface area contributed by atoms with E-state index in [9.17, 15) is 4.79 Å². The summed E-state index contributed by atoms with van der Waals surface area (Å²) in [5.41, 5.74) is 1.66. The summed E-state index contributed by atoms with van der Waals surface area (Å²) in [5, 5.41) is 2.87. The number of ether oxygens (including phenoxy) is 1. The zero-order valence-electron chi connectivity index (χ0n) is 11.3. The van der Waals surface area contributed by atoms with Crippen molar-refractivity contribution in [3.05, 3.63) is 29.3 Å². The van der Waals surface area contributed by atoms with E-state index < -0.39 is 0 Å². The number of ketones is 1. The van der Waals surface area contributed by atoms with Gasteiger partial charge in [-0.3, -0.25) is 4.79 Å². The van der Waals surface area contributed by atoms with Crippen LogP contribution >= 0.6 is 0 Å². The van der Waals surface area contributed by atoms with Crippen LogP contribution in [-0.2, 0) is 5.41 Å². The third kappa shape index (κ3) is 3.07. The average molecular weight is 235 g/mol. The summed E-state index contributed by atoms with van der Waals surface area (Å²) in [6, 6.07) is 5.73. The van der Waals surface area contributed by atoms with E-state index in [0.29, 0.717) is 17.9 Å². The first kappa shape index (κ1) is 13.7. The third-order valence-corrected chi connectivity index (χ3v) is 2.66. The van der Waals surface area contributed by atoms with Gasteiger partial charge in [0.2, 0.25) is 0 Å². The highest BCUT2D eigenvalue weighted by Gasteiger charge is 2.22. The van der Waals surface area contributed by atoms with Gasteiger partial charge in [-0.05, 0) is 18.5 Å². The fourth-order valence-electron chi connectivity index (χ4n) is 1.82. The maximum Gasteiger partial charge on any atom is 0.180 e. The molecule has 1 N–H and O–H groups in total.